The van der Waals surface area contributed by atoms with Crippen LogP contribution < -0.4 is 5.73 Å². The molecule has 0 aromatic rings. The fraction of sp³-hybridized carbons (Fsp3) is 0.909. The van der Waals surface area contributed by atoms with Crippen molar-refractivity contribution in [1.82, 2.24) is 0 Å². The van der Waals surface area contributed by atoms with Crippen LogP contribution >= 0.6 is 0 Å². The van der Waals surface area contributed by atoms with Crippen LogP contribution in [0, 0.1) is 16.7 Å². The van der Waals surface area contributed by atoms with Crippen molar-refractivity contribution < 1.29 is 9.90 Å². The molecule has 0 aliphatic heterocycles. The Balaban J connectivity index is 3.01. The second-order valence-corrected chi connectivity index (χ2v) is 5.39. The van der Waals surface area contributed by atoms with Gasteiger partial charge in [-0.15, -0.1) is 0 Å². The molecule has 3 heteroatoms. The van der Waals surface area contributed by atoms with Gasteiger partial charge in [-0.25, -0.2) is 0 Å². The molecule has 3 nitrogen and oxygen atoms in total. The molecular weight excluding hydrogens is 178 g/mol. The zero-order valence-electron chi connectivity index (χ0n) is 9.50. The number of aliphatic carboxylic acids is 1. The second-order valence-electron chi connectivity index (χ2n) is 5.39. The van der Waals surface area contributed by atoms with E-state index in [9.17, 15) is 4.79 Å². The third-order valence-corrected chi connectivity index (χ3v) is 4.75. The molecule has 1 aliphatic carbocycles. The maximum atomic E-state index is 11.0. The van der Waals surface area contributed by atoms with Crippen LogP contribution in [0.1, 0.15) is 40.5 Å². The molecule has 0 bridgehead atoms. The van der Waals surface area contributed by atoms with E-state index < -0.39 is 12.0 Å². The second kappa shape index (κ2) is 3.23. The van der Waals surface area contributed by atoms with Gasteiger partial charge < -0.3 is 10.8 Å². The molecule has 1 rings (SSSR count). The van der Waals surface area contributed by atoms with E-state index in [1.54, 1.807) is 0 Å². The number of hydrogen-bond acceptors (Lipinski definition) is 2. The fourth-order valence-electron chi connectivity index (χ4n) is 2.59. The van der Waals surface area contributed by atoms with Gasteiger partial charge in [0.15, 0.2) is 0 Å². The van der Waals surface area contributed by atoms with Crippen molar-refractivity contribution in [2.24, 2.45) is 22.5 Å². The summed E-state index contributed by atoms with van der Waals surface area (Å²) in [6.07, 6.45) is 1.99. The Morgan fingerprint density at radius 2 is 2.00 bits per heavy atom. The van der Waals surface area contributed by atoms with Crippen LogP contribution in [0.4, 0.5) is 0 Å². The molecule has 0 saturated heterocycles. The van der Waals surface area contributed by atoms with Crippen LogP contribution in [0.3, 0.4) is 0 Å². The van der Waals surface area contributed by atoms with Gasteiger partial charge in [0.05, 0.1) is 0 Å². The van der Waals surface area contributed by atoms with Crippen LogP contribution in [-0.4, -0.2) is 17.1 Å². The molecule has 1 saturated carbocycles. The minimum atomic E-state index is -0.880. The minimum absolute atomic E-state index is 0.00477. The molecule has 0 aromatic carbocycles. The van der Waals surface area contributed by atoms with Crippen LogP contribution in [0.5, 0.6) is 0 Å². The van der Waals surface area contributed by atoms with Crippen molar-refractivity contribution in [3.8, 4) is 0 Å². The Morgan fingerprint density at radius 3 is 2.29 bits per heavy atom. The summed E-state index contributed by atoms with van der Waals surface area (Å²) < 4.78 is 0. The lowest BCUT2D eigenvalue weighted by molar-refractivity contribution is -0.144. The predicted octanol–water partition coefficient (Wildman–Crippen LogP) is 1.86. The molecule has 1 aliphatic rings. The summed E-state index contributed by atoms with van der Waals surface area (Å²) >= 11 is 0. The van der Waals surface area contributed by atoms with E-state index >= 15 is 0 Å². The van der Waals surface area contributed by atoms with Gasteiger partial charge in [0.1, 0.15) is 6.04 Å². The smallest absolute Gasteiger partial charge is 0.321 e. The summed E-state index contributed by atoms with van der Waals surface area (Å²) in [5, 5.41) is 9.00. The van der Waals surface area contributed by atoms with Crippen molar-refractivity contribution in [3.63, 3.8) is 0 Å². The molecule has 3 N–H and O–H groups in total. The highest BCUT2D eigenvalue weighted by atomic mass is 16.4. The standard InChI is InChI=1S/C11H21NO2/c1-7-5-6-11(4,10(7,2)3)8(12)9(13)14/h7-8H,5-6,12H2,1-4H3,(H,13,14)/t7-,8+,11-/m0/s1. The van der Waals surface area contributed by atoms with Gasteiger partial charge in [-0.1, -0.05) is 27.7 Å². The zero-order valence-corrected chi connectivity index (χ0v) is 9.50. The van der Waals surface area contributed by atoms with Crippen molar-refractivity contribution >= 4 is 5.97 Å². The molecule has 0 spiro atoms. The number of carbonyl (C=O) groups is 1. The number of hydrogen-bond donors (Lipinski definition) is 2. The molecule has 0 heterocycles. The normalized spacial score (nSPS) is 38.2. The maximum Gasteiger partial charge on any atom is 0.321 e. The monoisotopic (exact) mass is 199 g/mol. The Morgan fingerprint density at radius 1 is 1.50 bits per heavy atom. The average molecular weight is 199 g/mol. The highest BCUT2D eigenvalue weighted by molar-refractivity contribution is 5.74. The topological polar surface area (TPSA) is 63.3 Å². The first-order chi connectivity index (χ1) is 6.23. The van der Waals surface area contributed by atoms with Crippen molar-refractivity contribution in [1.29, 1.82) is 0 Å². The predicted molar refractivity (Wildman–Crippen MR) is 55.9 cm³/mol. The summed E-state index contributed by atoms with van der Waals surface area (Å²) in [4.78, 5) is 11.0. The molecule has 14 heavy (non-hydrogen) atoms. The summed E-state index contributed by atoms with van der Waals surface area (Å²) in [5.41, 5.74) is 5.52. The van der Waals surface area contributed by atoms with Crippen LogP contribution in [-0.2, 0) is 4.79 Å². The Labute approximate surface area is 85.7 Å². The quantitative estimate of drug-likeness (QED) is 0.713. The van der Waals surface area contributed by atoms with Crippen molar-refractivity contribution in [2.75, 3.05) is 0 Å². The Hall–Kier alpha value is -0.570. The SMILES string of the molecule is C[C@H]1CC[C@@](C)([C@H](N)C(=O)O)C1(C)C. The number of rotatable bonds is 2. The van der Waals surface area contributed by atoms with Crippen LogP contribution in [0.25, 0.3) is 0 Å². The van der Waals surface area contributed by atoms with Gasteiger partial charge in [0.25, 0.3) is 0 Å². The molecule has 0 aromatic heterocycles. The van der Waals surface area contributed by atoms with Crippen LogP contribution in [0.2, 0.25) is 0 Å². The minimum Gasteiger partial charge on any atom is -0.480 e. The summed E-state index contributed by atoms with van der Waals surface area (Å²) in [7, 11) is 0. The van der Waals surface area contributed by atoms with E-state index in [1.807, 2.05) is 6.92 Å². The number of nitrogens with two attached hydrogens (primary N) is 1. The first-order valence-corrected chi connectivity index (χ1v) is 5.22. The van der Waals surface area contributed by atoms with Gasteiger partial charge in [-0.05, 0) is 29.6 Å². The number of carboxylic acid groups (broad SMARTS) is 1. The molecular formula is C11H21NO2. The Kier molecular flexibility index (Phi) is 2.65. The maximum absolute atomic E-state index is 11.0. The van der Waals surface area contributed by atoms with Gasteiger partial charge >= 0.3 is 5.97 Å². The third kappa shape index (κ3) is 1.34. The molecule has 0 unspecified atom stereocenters. The first kappa shape index (κ1) is 11.5. The molecule has 3 atom stereocenters. The van der Waals surface area contributed by atoms with E-state index in [2.05, 4.69) is 20.8 Å². The summed E-state index contributed by atoms with van der Waals surface area (Å²) in [5.74, 6) is -0.340. The zero-order chi connectivity index (χ0) is 11.1. The lowest BCUT2D eigenvalue weighted by Crippen LogP contribution is -2.51. The van der Waals surface area contributed by atoms with Gasteiger partial charge in [0, 0.05) is 0 Å². The third-order valence-electron chi connectivity index (χ3n) is 4.75. The summed E-state index contributed by atoms with van der Waals surface area (Å²) in [6.45, 7) is 8.45. The van der Waals surface area contributed by atoms with E-state index in [0.29, 0.717) is 5.92 Å². The summed E-state index contributed by atoms with van der Waals surface area (Å²) in [6, 6.07) is -0.748. The van der Waals surface area contributed by atoms with Gasteiger partial charge in [-0.3, -0.25) is 4.79 Å². The molecule has 0 amide bonds. The van der Waals surface area contributed by atoms with Gasteiger partial charge in [-0.2, -0.15) is 0 Å². The van der Waals surface area contributed by atoms with E-state index in [4.69, 9.17) is 10.8 Å². The van der Waals surface area contributed by atoms with Crippen molar-refractivity contribution in [2.45, 2.75) is 46.6 Å². The highest BCUT2D eigenvalue weighted by Crippen LogP contribution is 2.56. The highest BCUT2D eigenvalue weighted by Gasteiger charge is 2.54. The van der Waals surface area contributed by atoms with E-state index in [0.717, 1.165) is 12.8 Å². The number of carboxylic acids is 1. The molecule has 0 radical (unpaired) electrons. The first-order valence-electron chi connectivity index (χ1n) is 5.22. The van der Waals surface area contributed by atoms with Crippen LogP contribution in [0.15, 0.2) is 0 Å². The lowest BCUT2D eigenvalue weighted by atomic mass is 9.62. The molecule has 82 valence electrons. The fourth-order valence-corrected chi connectivity index (χ4v) is 2.59. The average Bonchev–Trinajstić information content (AvgIpc) is 2.29. The molecule has 1 fully saturated rings. The lowest BCUT2D eigenvalue weighted by Gasteiger charge is -2.43. The van der Waals surface area contributed by atoms with Crippen molar-refractivity contribution in [3.05, 3.63) is 0 Å². The van der Waals surface area contributed by atoms with E-state index in [-0.39, 0.29) is 10.8 Å². The largest absolute Gasteiger partial charge is 0.480 e. The van der Waals surface area contributed by atoms with E-state index in [1.165, 1.54) is 0 Å². The Bertz CT molecular complexity index is 250. The van der Waals surface area contributed by atoms with Gasteiger partial charge in [0.2, 0.25) is 0 Å².